The summed E-state index contributed by atoms with van der Waals surface area (Å²) < 4.78 is 18.1. The standard InChI is InChI=1S/C13H9ClFO.BrH.Zn/c14-11-3-7-13(8-4-11)16-9-10-1-5-12(15)6-2-10;;/h1-7H,9H2;1H;/q-1;;+2/p-1. The van der Waals surface area contributed by atoms with Crippen molar-refractivity contribution in [3.63, 3.8) is 0 Å². The average molecular weight is 381 g/mol. The number of hydrogen-bond donors (Lipinski definition) is 0. The molecule has 2 aromatic carbocycles. The molecule has 0 aromatic heterocycles. The van der Waals surface area contributed by atoms with Crippen molar-refractivity contribution in [3.05, 3.63) is 64.9 Å². The van der Waals surface area contributed by atoms with Gasteiger partial charge < -0.3 is 4.74 Å². The van der Waals surface area contributed by atoms with Crippen molar-refractivity contribution in [3.8, 4) is 5.75 Å². The predicted molar refractivity (Wildman–Crippen MR) is 69.9 cm³/mol. The number of ether oxygens (including phenoxy) is 1. The van der Waals surface area contributed by atoms with Crippen LogP contribution in [-0.4, -0.2) is 0 Å². The van der Waals surface area contributed by atoms with E-state index >= 15 is 0 Å². The summed E-state index contributed by atoms with van der Waals surface area (Å²) in [5.41, 5.74) is 0.907. The molecular weight excluding hydrogens is 372 g/mol. The van der Waals surface area contributed by atoms with E-state index in [-0.39, 0.29) is 5.82 Å². The topological polar surface area (TPSA) is 9.23 Å². The Bertz CT molecular complexity index is 416. The van der Waals surface area contributed by atoms with E-state index in [9.17, 15) is 4.39 Å². The van der Waals surface area contributed by atoms with Crippen molar-refractivity contribution in [2.24, 2.45) is 0 Å². The second-order valence-electron chi connectivity index (χ2n) is 3.29. The van der Waals surface area contributed by atoms with Crippen LogP contribution in [-0.2, 0) is 22.9 Å². The molecule has 0 aliphatic rings. The number of halogens is 3. The molecule has 18 heavy (non-hydrogen) atoms. The molecule has 0 spiro atoms. The summed E-state index contributed by atoms with van der Waals surface area (Å²) in [5.74, 6) is 0.371. The van der Waals surface area contributed by atoms with Crippen molar-refractivity contribution in [2.75, 3.05) is 0 Å². The first-order valence-corrected chi connectivity index (χ1v) is 12.4. The summed E-state index contributed by atoms with van der Waals surface area (Å²) in [6.07, 6.45) is 0. The van der Waals surface area contributed by atoms with Crippen LogP contribution in [0.1, 0.15) is 5.56 Å². The van der Waals surface area contributed by atoms with Crippen molar-refractivity contribution in [1.29, 1.82) is 0 Å². The van der Waals surface area contributed by atoms with E-state index < -0.39 is 0 Å². The van der Waals surface area contributed by atoms with E-state index in [0.717, 1.165) is 5.56 Å². The second kappa shape index (κ2) is 8.63. The Hall–Kier alpha value is -0.437. The van der Waals surface area contributed by atoms with Crippen LogP contribution >= 0.6 is 25.2 Å². The van der Waals surface area contributed by atoms with Crippen LogP contribution in [0.4, 0.5) is 4.39 Å². The van der Waals surface area contributed by atoms with Gasteiger partial charge >= 0.3 is 30.0 Å². The average Bonchev–Trinajstić information content (AvgIpc) is 2.42. The second-order valence-corrected chi connectivity index (χ2v) is 3.72. The van der Waals surface area contributed by atoms with Crippen molar-refractivity contribution >= 4 is 25.2 Å². The SMILES string of the molecule is Fc1ccc(COc2[c-]cc(Cl)cc2)cc1.[Zn+][Br]. The molecule has 90 valence electrons. The van der Waals surface area contributed by atoms with Crippen LogP contribution in [0, 0.1) is 11.9 Å². The molecule has 0 aliphatic heterocycles. The maximum atomic E-state index is 12.6. The Balaban J connectivity index is 0.000000771. The van der Waals surface area contributed by atoms with Crippen molar-refractivity contribution in [2.45, 2.75) is 6.61 Å². The first-order valence-electron chi connectivity index (χ1n) is 5.05. The van der Waals surface area contributed by atoms with Gasteiger partial charge in [-0.2, -0.15) is 23.7 Å². The van der Waals surface area contributed by atoms with Crippen molar-refractivity contribution in [1.82, 2.24) is 0 Å². The number of hydrogen-bond acceptors (Lipinski definition) is 1. The molecule has 2 aromatic rings. The van der Waals surface area contributed by atoms with Gasteiger partial charge in [0.05, 0.1) is 0 Å². The zero-order valence-corrected chi connectivity index (χ0v) is 14.8. The van der Waals surface area contributed by atoms with Crippen LogP contribution in [0.2, 0.25) is 5.02 Å². The van der Waals surface area contributed by atoms with Gasteiger partial charge in [-0.25, -0.2) is 4.39 Å². The quantitative estimate of drug-likeness (QED) is 0.554. The Morgan fingerprint density at radius 1 is 1.17 bits per heavy atom. The molecule has 0 heterocycles. The molecule has 0 fully saturated rings. The van der Waals surface area contributed by atoms with Crippen LogP contribution in [0.5, 0.6) is 5.75 Å². The fourth-order valence-corrected chi connectivity index (χ4v) is 1.34. The van der Waals surface area contributed by atoms with Gasteiger partial charge in [-0.3, -0.25) is 0 Å². The molecule has 0 aliphatic carbocycles. The summed E-state index contributed by atoms with van der Waals surface area (Å²) in [5, 5.41) is 0.620. The molecule has 0 unspecified atom stereocenters. The minimum absolute atomic E-state index is 0.248. The summed E-state index contributed by atoms with van der Waals surface area (Å²) in [6, 6.07) is 14.2. The fourth-order valence-electron chi connectivity index (χ4n) is 1.22. The van der Waals surface area contributed by atoms with Gasteiger partial charge in [0.1, 0.15) is 12.4 Å². The molecule has 0 radical (unpaired) electrons. The molecule has 0 saturated heterocycles. The Morgan fingerprint density at radius 3 is 2.39 bits per heavy atom. The normalized spacial score (nSPS) is 9.39. The molecule has 0 N–H and O–H groups in total. The van der Waals surface area contributed by atoms with Gasteiger partial charge in [0.2, 0.25) is 0 Å². The fraction of sp³-hybridized carbons (Fsp3) is 0.0769. The summed E-state index contributed by atoms with van der Waals surface area (Å²) >= 11 is 9.97. The Morgan fingerprint density at radius 2 is 1.83 bits per heavy atom. The first-order chi connectivity index (χ1) is 8.74. The summed E-state index contributed by atoms with van der Waals surface area (Å²) in [4.78, 5) is 0. The van der Waals surface area contributed by atoms with Gasteiger partial charge in [-0.1, -0.05) is 17.2 Å². The van der Waals surface area contributed by atoms with E-state index in [1.807, 2.05) is 0 Å². The third-order valence-corrected chi connectivity index (χ3v) is 2.29. The first kappa shape index (κ1) is 15.6. The monoisotopic (exact) mass is 378 g/mol. The molecule has 0 saturated carbocycles. The van der Waals surface area contributed by atoms with Crippen molar-refractivity contribution < 1.29 is 25.5 Å². The van der Waals surface area contributed by atoms with Gasteiger partial charge in [-0.15, -0.1) is 12.1 Å². The Labute approximate surface area is 127 Å². The third kappa shape index (κ3) is 5.47. The molecule has 1 nitrogen and oxygen atoms in total. The van der Waals surface area contributed by atoms with Crippen LogP contribution in [0.15, 0.2) is 42.5 Å². The van der Waals surface area contributed by atoms with Gasteiger partial charge in [0.25, 0.3) is 0 Å². The molecule has 5 heteroatoms. The maximum absolute atomic E-state index is 12.6. The Kier molecular flexibility index (Phi) is 7.49. The summed E-state index contributed by atoms with van der Waals surface area (Å²) in [6.45, 7) is 0.387. The van der Waals surface area contributed by atoms with Gasteiger partial charge in [0, 0.05) is 5.75 Å². The molecule has 0 bridgehead atoms. The van der Waals surface area contributed by atoms with Crippen LogP contribution in [0.3, 0.4) is 0 Å². The van der Waals surface area contributed by atoms with Crippen LogP contribution < -0.4 is 4.74 Å². The molecule has 2 rings (SSSR count). The molecular formula is C13H9BrClFOZn. The van der Waals surface area contributed by atoms with Gasteiger partial charge in [0.15, 0.2) is 0 Å². The van der Waals surface area contributed by atoms with E-state index in [1.165, 1.54) is 28.5 Å². The van der Waals surface area contributed by atoms with E-state index in [4.69, 9.17) is 16.3 Å². The van der Waals surface area contributed by atoms with E-state index in [1.54, 1.807) is 30.3 Å². The minimum atomic E-state index is -0.248. The van der Waals surface area contributed by atoms with Crippen LogP contribution in [0.25, 0.3) is 0 Å². The molecule has 0 atom stereocenters. The number of rotatable bonds is 3. The zero-order chi connectivity index (χ0) is 13.4. The molecule has 0 amide bonds. The zero-order valence-electron chi connectivity index (χ0n) is 9.50. The third-order valence-electron chi connectivity index (χ3n) is 2.05. The predicted octanol–water partition coefficient (Wildman–Crippen LogP) is 4.70. The van der Waals surface area contributed by atoms with E-state index in [2.05, 4.69) is 19.7 Å². The summed E-state index contributed by atoms with van der Waals surface area (Å²) in [7, 11) is 0. The van der Waals surface area contributed by atoms with E-state index in [0.29, 0.717) is 17.4 Å². The number of benzene rings is 2. The van der Waals surface area contributed by atoms with Gasteiger partial charge in [-0.05, 0) is 17.7 Å².